The third-order valence-corrected chi connectivity index (χ3v) is 6.13. The predicted octanol–water partition coefficient (Wildman–Crippen LogP) is 5.86. The van der Waals surface area contributed by atoms with E-state index < -0.39 is 0 Å². The molecule has 6 heteroatoms. The van der Waals surface area contributed by atoms with E-state index in [1.54, 1.807) is 0 Å². The average molecular weight is 448 g/mol. The summed E-state index contributed by atoms with van der Waals surface area (Å²) in [5.41, 5.74) is 6.94. The second kappa shape index (κ2) is 10.5. The second-order valence-electron chi connectivity index (χ2n) is 7.88. The van der Waals surface area contributed by atoms with Gasteiger partial charge in [-0.2, -0.15) is 0 Å². The zero-order chi connectivity index (χ0) is 23.3. The third kappa shape index (κ3) is 5.77. The van der Waals surface area contributed by atoms with E-state index in [0.717, 1.165) is 45.7 Å². The number of para-hydroxylation sites is 1. The molecule has 0 aliphatic heterocycles. The van der Waals surface area contributed by atoms with Crippen LogP contribution in [0.5, 0.6) is 0 Å². The van der Waals surface area contributed by atoms with Gasteiger partial charge in [-0.1, -0.05) is 49.0 Å². The Bertz CT molecular complexity index is 1160. The fraction of sp³-hybridized carbons (Fsp3) is 0.269. The Kier molecular flexibility index (Phi) is 7.70. The van der Waals surface area contributed by atoms with Gasteiger partial charge in [-0.25, -0.2) is 4.98 Å². The topological polar surface area (TPSA) is 71.1 Å². The molecule has 2 N–H and O–H groups in total. The molecule has 1 heterocycles. The number of pyridine rings is 1. The number of rotatable bonds is 7. The Morgan fingerprint density at radius 1 is 0.938 bits per heavy atom. The van der Waals surface area contributed by atoms with E-state index in [2.05, 4.69) is 22.5 Å². The molecule has 0 unspecified atom stereocenters. The minimum atomic E-state index is -0.226. The van der Waals surface area contributed by atoms with Gasteiger partial charge in [0, 0.05) is 17.1 Å². The maximum Gasteiger partial charge on any atom is 0.258 e. The van der Waals surface area contributed by atoms with E-state index in [9.17, 15) is 9.59 Å². The largest absolute Gasteiger partial charge is 0.325 e. The lowest BCUT2D eigenvalue weighted by Crippen LogP contribution is -2.18. The van der Waals surface area contributed by atoms with Crippen molar-refractivity contribution in [3.05, 3.63) is 82.0 Å². The van der Waals surface area contributed by atoms with Gasteiger partial charge in [-0.3, -0.25) is 9.59 Å². The molecule has 3 rings (SSSR count). The zero-order valence-corrected chi connectivity index (χ0v) is 20.0. The summed E-state index contributed by atoms with van der Waals surface area (Å²) in [6.45, 7) is 9.82. The van der Waals surface area contributed by atoms with E-state index in [1.807, 2.05) is 76.2 Å². The van der Waals surface area contributed by atoms with Gasteiger partial charge in [0.25, 0.3) is 5.91 Å². The number of carbonyl (C=O) groups excluding carboxylic acids is 2. The summed E-state index contributed by atoms with van der Waals surface area (Å²) < 4.78 is 0. The Morgan fingerprint density at radius 2 is 1.69 bits per heavy atom. The number of aryl methyl sites for hydroxylation is 5. The predicted molar refractivity (Wildman–Crippen MR) is 133 cm³/mol. The number of carbonyl (C=O) groups is 2. The Hall–Kier alpha value is -3.12. The van der Waals surface area contributed by atoms with Crippen molar-refractivity contribution in [3.8, 4) is 0 Å². The van der Waals surface area contributed by atoms with Crippen LogP contribution in [0.2, 0.25) is 0 Å². The fourth-order valence-electron chi connectivity index (χ4n) is 3.61. The van der Waals surface area contributed by atoms with E-state index >= 15 is 0 Å². The first-order valence-corrected chi connectivity index (χ1v) is 11.6. The number of thioether (sulfide) groups is 1. The zero-order valence-electron chi connectivity index (χ0n) is 19.2. The van der Waals surface area contributed by atoms with E-state index in [-0.39, 0.29) is 17.6 Å². The van der Waals surface area contributed by atoms with Crippen LogP contribution in [-0.4, -0.2) is 22.6 Å². The van der Waals surface area contributed by atoms with Gasteiger partial charge in [-0.15, -0.1) is 0 Å². The van der Waals surface area contributed by atoms with Gasteiger partial charge in [0.15, 0.2) is 0 Å². The van der Waals surface area contributed by atoms with Crippen molar-refractivity contribution in [2.45, 2.75) is 46.1 Å². The molecule has 1 aromatic heterocycles. The van der Waals surface area contributed by atoms with Crippen LogP contribution in [0.1, 0.15) is 45.2 Å². The highest BCUT2D eigenvalue weighted by Gasteiger charge is 2.19. The number of nitrogens with one attached hydrogen (secondary N) is 2. The summed E-state index contributed by atoms with van der Waals surface area (Å²) in [5.74, 6) is -0.182. The molecule has 166 valence electrons. The van der Waals surface area contributed by atoms with Gasteiger partial charge in [0.05, 0.1) is 11.3 Å². The van der Waals surface area contributed by atoms with Crippen molar-refractivity contribution in [3.63, 3.8) is 0 Å². The summed E-state index contributed by atoms with van der Waals surface area (Å²) in [7, 11) is 0. The van der Waals surface area contributed by atoms with Crippen LogP contribution in [0, 0.1) is 27.7 Å². The van der Waals surface area contributed by atoms with Gasteiger partial charge in [-0.05, 0) is 74.6 Å². The quantitative estimate of drug-likeness (QED) is 0.445. The highest BCUT2D eigenvalue weighted by atomic mass is 32.2. The summed E-state index contributed by atoms with van der Waals surface area (Å²) in [6.07, 6.45) is 0.840. The van der Waals surface area contributed by atoms with Crippen molar-refractivity contribution < 1.29 is 9.59 Å². The van der Waals surface area contributed by atoms with E-state index in [0.29, 0.717) is 10.6 Å². The molecule has 0 radical (unpaired) electrons. The van der Waals surface area contributed by atoms with Crippen LogP contribution in [-0.2, 0) is 11.2 Å². The SMILES string of the molecule is CCc1cccc(C)c1NC(=O)CSc1nc(C)cc(C)c1C(=O)Nc1cccc(C)c1. The molecule has 2 aromatic carbocycles. The molecule has 0 fully saturated rings. The molecular weight excluding hydrogens is 418 g/mol. The summed E-state index contributed by atoms with van der Waals surface area (Å²) in [4.78, 5) is 30.4. The molecule has 32 heavy (non-hydrogen) atoms. The molecule has 0 aliphatic carbocycles. The molecule has 0 aliphatic rings. The Balaban J connectivity index is 1.78. The summed E-state index contributed by atoms with van der Waals surface area (Å²) >= 11 is 1.28. The van der Waals surface area contributed by atoms with Crippen molar-refractivity contribution in [2.24, 2.45) is 0 Å². The lowest BCUT2D eigenvalue weighted by atomic mass is 10.1. The minimum Gasteiger partial charge on any atom is -0.325 e. The van der Waals surface area contributed by atoms with Crippen LogP contribution in [0.15, 0.2) is 53.6 Å². The van der Waals surface area contributed by atoms with Crippen LogP contribution in [0.25, 0.3) is 0 Å². The molecule has 0 saturated heterocycles. The Labute approximate surface area is 194 Å². The highest BCUT2D eigenvalue weighted by molar-refractivity contribution is 8.00. The first-order chi connectivity index (χ1) is 15.3. The van der Waals surface area contributed by atoms with Gasteiger partial charge in [0.1, 0.15) is 5.03 Å². The molecule has 0 spiro atoms. The number of hydrogen-bond donors (Lipinski definition) is 2. The standard InChI is InChI=1S/C26H29N3O2S/c1-6-20-11-8-10-17(3)24(20)29-22(30)15-32-26-23(18(4)14-19(5)27-26)25(31)28-21-12-7-9-16(2)13-21/h7-14H,6,15H2,1-5H3,(H,28,31)(H,29,30). The fourth-order valence-corrected chi connectivity index (χ4v) is 4.56. The van der Waals surface area contributed by atoms with E-state index in [1.165, 1.54) is 11.8 Å². The molecule has 3 aromatic rings. The van der Waals surface area contributed by atoms with Gasteiger partial charge < -0.3 is 10.6 Å². The monoisotopic (exact) mass is 447 g/mol. The molecular formula is C26H29N3O2S. The number of amides is 2. The Morgan fingerprint density at radius 3 is 2.41 bits per heavy atom. The maximum absolute atomic E-state index is 13.1. The van der Waals surface area contributed by atoms with Gasteiger partial charge in [0.2, 0.25) is 5.91 Å². The lowest BCUT2D eigenvalue weighted by Gasteiger charge is -2.15. The van der Waals surface area contributed by atoms with Gasteiger partial charge >= 0.3 is 0 Å². The molecule has 5 nitrogen and oxygen atoms in total. The van der Waals surface area contributed by atoms with E-state index in [4.69, 9.17) is 0 Å². The first-order valence-electron chi connectivity index (χ1n) is 10.7. The summed E-state index contributed by atoms with van der Waals surface area (Å²) in [6, 6.07) is 15.6. The van der Waals surface area contributed by atoms with Crippen LogP contribution >= 0.6 is 11.8 Å². The van der Waals surface area contributed by atoms with Crippen molar-refractivity contribution in [1.82, 2.24) is 4.98 Å². The number of benzene rings is 2. The second-order valence-corrected chi connectivity index (χ2v) is 8.85. The highest BCUT2D eigenvalue weighted by Crippen LogP contribution is 2.27. The lowest BCUT2D eigenvalue weighted by molar-refractivity contribution is -0.113. The third-order valence-electron chi connectivity index (χ3n) is 5.16. The minimum absolute atomic E-state index is 0.120. The number of nitrogens with zero attached hydrogens (tertiary/aromatic N) is 1. The van der Waals surface area contributed by atoms with Crippen LogP contribution in [0.3, 0.4) is 0 Å². The molecule has 2 amide bonds. The van der Waals surface area contributed by atoms with Crippen molar-refractivity contribution in [1.29, 1.82) is 0 Å². The number of hydrogen-bond acceptors (Lipinski definition) is 4. The summed E-state index contributed by atoms with van der Waals surface area (Å²) in [5, 5.41) is 6.55. The molecule has 0 atom stereocenters. The number of anilines is 2. The van der Waals surface area contributed by atoms with Crippen molar-refractivity contribution >= 4 is 35.0 Å². The van der Waals surface area contributed by atoms with Crippen molar-refractivity contribution in [2.75, 3.05) is 16.4 Å². The maximum atomic E-state index is 13.1. The average Bonchev–Trinajstić information content (AvgIpc) is 2.73. The van der Waals surface area contributed by atoms with Crippen LogP contribution in [0.4, 0.5) is 11.4 Å². The molecule has 0 bridgehead atoms. The first kappa shape index (κ1) is 23.5. The molecule has 0 saturated carbocycles. The van der Waals surface area contributed by atoms with Crippen LogP contribution < -0.4 is 10.6 Å². The normalized spacial score (nSPS) is 10.7. The number of aromatic nitrogens is 1. The smallest absolute Gasteiger partial charge is 0.258 e.